The third kappa shape index (κ3) is 2.86. The summed E-state index contributed by atoms with van der Waals surface area (Å²) in [7, 11) is 1.60. The molecule has 1 amide bonds. The number of halogens is 2. The van der Waals surface area contributed by atoms with Gasteiger partial charge in [0.05, 0.1) is 12.8 Å². The minimum Gasteiger partial charge on any atom is -0.497 e. The van der Waals surface area contributed by atoms with Gasteiger partial charge in [0.2, 0.25) is 5.91 Å². The van der Waals surface area contributed by atoms with Crippen LogP contribution in [0.2, 0.25) is 0 Å². The first-order valence-electron chi connectivity index (χ1n) is 8.07. The Morgan fingerprint density at radius 2 is 1.92 bits per heavy atom. The van der Waals surface area contributed by atoms with Crippen molar-refractivity contribution in [3.05, 3.63) is 69.9 Å². The zero-order valence-corrected chi connectivity index (χ0v) is 14.7. The standard InChI is InChI=1S/C20H15F2NO2S/c1-25-13-5-2-11(3-6-13)16-10-26-20-15(9-18(24)23-19(16)20)14-7-4-12(21)8-17(14)22/h2-8,10,15H,9H2,1H3,(H,23,24)/t15-/m1/s1. The summed E-state index contributed by atoms with van der Waals surface area (Å²) in [5, 5.41) is 4.86. The Hall–Kier alpha value is -2.73. The zero-order valence-electron chi connectivity index (χ0n) is 13.9. The number of carbonyl (C=O) groups is 1. The van der Waals surface area contributed by atoms with Crippen LogP contribution >= 0.6 is 11.3 Å². The first-order chi connectivity index (χ1) is 12.6. The number of carbonyl (C=O) groups excluding carboxylic acids is 1. The van der Waals surface area contributed by atoms with E-state index in [0.29, 0.717) is 11.3 Å². The third-order valence-corrected chi connectivity index (χ3v) is 5.62. The molecule has 1 atom stereocenters. The Balaban J connectivity index is 1.79. The Kier molecular flexibility index (Phi) is 4.20. The van der Waals surface area contributed by atoms with E-state index in [-0.39, 0.29) is 12.3 Å². The molecule has 6 heteroatoms. The van der Waals surface area contributed by atoms with Gasteiger partial charge in [0, 0.05) is 34.2 Å². The SMILES string of the molecule is COc1ccc(-c2csc3c2NC(=O)C[C@@H]3c2ccc(F)cc2F)cc1. The molecule has 1 aromatic heterocycles. The van der Waals surface area contributed by atoms with Crippen molar-refractivity contribution < 1.29 is 18.3 Å². The molecule has 0 saturated carbocycles. The summed E-state index contributed by atoms with van der Waals surface area (Å²) < 4.78 is 32.7. The molecule has 0 radical (unpaired) electrons. The number of benzene rings is 2. The molecular weight excluding hydrogens is 356 g/mol. The van der Waals surface area contributed by atoms with Gasteiger partial charge in [-0.15, -0.1) is 11.3 Å². The number of nitrogens with one attached hydrogen (secondary N) is 1. The largest absolute Gasteiger partial charge is 0.497 e. The van der Waals surface area contributed by atoms with Crippen molar-refractivity contribution in [3.8, 4) is 16.9 Å². The quantitative estimate of drug-likeness (QED) is 0.689. The molecule has 1 aliphatic rings. The van der Waals surface area contributed by atoms with Crippen molar-refractivity contribution in [2.75, 3.05) is 12.4 Å². The van der Waals surface area contributed by atoms with Gasteiger partial charge < -0.3 is 10.1 Å². The second-order valence-corrected chi connectivity index (χ2v) is 7.00. The molecule has 3 nitrogen and oxygen atoms in total. The van der Waals surface area contributed by atoms with Crippen molar-refractivity contribution >= 4 is 22.9 Å². The maximum Gasteiger partial charge on any atom is 0.225 e. The van der Waals surface area contributed by atoms with Crippen molar-refractivity contribution in [1.29, 1.82) is 0 Å². The van der Waals surface area contributed by atoms with Gasteiger partial charge in [0.15, 0.2) is 0 Å². The number of rotatable bonds is 3. The lowest BCUT2D eigenvalue weighted by Gasteiger charge is -2.24. The van der Waals surface area contributed by atoms with Crippen LogP contribution in [-0.2, 0) is 4.79 Å². The van der Waals surface area contributed by atoms with Gasteiger partial charge in [0.1, 0.15) is 17.4 Å². The maximum atomic E-state index is 14.3. The van der Waals surface area contributed by atoms with Crippen molar-refractivity contribution in [3.63, 3.8) is 0 Å². The number of anilines is 1. The molecular formula is C20H15F2NO2S. The average Bonchev–Trinajstić information content (AvgIpc) is 3.05. The number of methoxy groups -OCH3 is 1. The monoisotopic (exact) mass is 371 g/mol. The molecule has 0 unspecified atom stereocenters. The van der Waals surface area contributed by atoms with E-state index in [1.807, 2.05) is 29.6 Å². The number of hydrogen-bond donors (Lipinski definition) is 1. The van der Waals surface area contributed by atoms with Gasteiger partial charge >= 0.3 is 0 Å². The van der Waals surface area contributed by atoms with E-state index < -0.39 is 17.6 Å². The van der Waals surface area contributed by atoms with E-state index in [2.05, 4.69) is 5.32 Å². The summed E-state index contributed by atoms with van der Waals surface area (Å²) in [4.78, 5) is 13.1. The number of hydrogen-bond acceptors (Lipinski definition) is 3. The predicted molar refractivity (Wildman–Crippen MR) is 97.8 cm³/mol. The number of ether oxygens (including phenoxy) is 1. The third-order valence-electron chi connectivity index (χ3n) is 4.53. The van der Waals surface area contributed by atoms with Crippen LogP contribution in [0.15, 0.2) is 47.8 Å². The smallest absolute Gasteiger partial charge is 0.225 e. The molecule has 1 aliphatic heterocycles. The van der Waals surface area contributed by atoms with E-state index >= 15 is 0 Å². The van der Waals surface area contributed by atoms with Gasteiger partial charge in [-0.2, -0.15) is 0 Å². The Labute approximate surface area is 153 Å². The molecule has 0 bridgehead atoms. The normalized spacial score (nSPS) is 16.1. The van der Waals surface area contributed by atoms with Gasteiger partial charge in [-0.3, -0.25) is 4.79 Å². The predicted octanol–water partition coefficient (Wildman–Crippen LogP) is 5.18. The fraction of sp³-hybridized carbons (Fsp3) is 0.150. The van der Waals surface area contributed by atoms with E-state index in [4.69, 9.17) is 4.74 Å². The molecule has 2 heterocycles. The lowest BCUT2D eigenvalue weighted by molar-refractivity contribution is -0.116. The Morgan fingerprint density at radius 1 is 1.15 bits per heavy atom. The average molecular weight is 371 g/mol. The Bertz CT molecular complexity index is 982. The van der Waals surface area contributed by atoms with Crippen molar-refractivity contribution in [2.24, 2.45) is 0 Å². The highest BCUT2D eigenvalue weighted by molar-refractivity contribution is 7.11. The fourth-order valence-electron chi connectivity index (χ4n) is 3.25. The first-order valence-corrected chi connectivity index (χ1v) is 8.95. The summed E-state index contributed by atoms with van der Waals surface area (Å²) in [6, 6.07) is 11.0. The molecule has 0 aliphatic carbocycles. The van der Waals surface area contributed by atoms with Gasteiger partial charge in [-0.05, 0) is 29.3 Å². The molecule has 1 N–H and O–H groups in total. The van der Waals surface area contributed by atoms with Crippen LogP contribution in [0.1, 0.15) is 22.8 Å². The second-order valence-electron chi connectivity index (χ2n) is 6.09. The summed E-state index contributed by atoms with van der Waals surface area (Å²) in [6.45, 7) is 0. The molecule has 26 heavy (non-hydrogen) atoms. The highest BCUT2D eigenvalue weighted by Gasteiger charge is 2.32. The van der Waals surface area contributed by atoms with E-state index in [1.54, 1.807) is 7.11 Å². The lowest BCUT2D eigenvalue weighted by Crippen LogP contribution is -2.23. The second kappa shape index (κ2) is 6.53. The van der Waals surface area contributed by atoms with Crippen molar-refractivity contribution in [1.82, 2.24) is 0 Å². The van der Waals surface area contributed by atoms with E-state index in [1.165, 1.54) is 23.5 Å². The van der Waals surface area contributed by atoms with Gasteiger partial charge in [-0.25, -0.2) is 8.78 Å². The van der Waals surface area contributed by atoms with Crippen LogP contribution in [0.3, 0.4) is 0 Å². The van der Waals surface area contributed by atoms with Crippen LogP contribution in [-0.4, -0.2) is 13.0 Å². The maximum absolute atomic E-state index is 14.3. The van der Waals surface area contributed by atoms with Crippen molar-refractivity contribution in [2.45, 2.75) is 12.3 Å². The number of amides is 1. The minimum atomic E-state index is -0.630. The summed E-state index contributed by atoms with van der Waals surface area (Å²) in [5.41, 5.74) is 2.85. The molecule has 3 aromatic rings. The number of thiophene rings is 1. The fourth-order valence-corrected chi connectivity index (χ4v) is 4.40. The molecule has 2 aromatic carbocycles. The van der Waals surface area contributed by atoms with Gasteiger partial charge in [0.25, 0.3) is 0 Å². The molecule has 0 fully saturated rings. The van der Waals surface area contributed by atoms with E-state index in [9.17, 15) is 13.6 Å². The zero-order chi connectivity index (χ0) is 18.3. The van der Waals surface area contributed by atoms with Crippen LogP contribution in [0.5, 0.6) is 5.75 Å². The number of fused-ring (bicyclic) bond motifs is 1. The van der Waals surface area contributed by atoms with Crippen LogP contribution in [0, 0.1) is 11.6 Å². The van der Waals surface area contributed by atoms with Crippen LogP contribution in [0.4, 0.5) is 14.5 Å². The lowest BCUT2D eigenvalue weighted by atomic mass is 9.89. The van der Waals surface area contributed by atoms with Gasteiger partial charge in [-0.1, -0.05) is 18.2 Å². The summed E-state index contributed by atoms with van der Waals surface area (Å²) in [6.07, 6.45) is 0.137. The highest BCUT2D eigenvalue weighted by atomic mass is 32.1. The first kappa shape index (κ1) is 16.7. The topological polar surface area (TPSA) is 38.3 Å². The molecule has 0 saturated heterocycles. The molecule has 132 valence electrons. The highest BCUT2D eigenvalue weighted by Crippen LogP contribution is 2.47. The van der Waals surface area contributed by atoms with Crippen LogP contribution < -0.4 is 10.1 Å². The van der Waals surface area contributed by atoms with E-state index in [0.717, 1.165) is 27.8 Å². The molecule has 0 spiro atoms. The Morgan fingerprint density at radius 3 is 2.62 bits per heavy atom. The summed E-state index contributed by atoms with van der Waals surface area (Å²) >= 11 is 1.47. The summed E-state index contributed by atoms with van der Waals surface area (Å²) in [5.74, 6) is -1.12. The van der Waals surface area contributed by atoms with Crippen LogP contribution in [0.25, 0.3) is 11.1 Å². The minimum absolute atomic E-state index is 0.137. The molecule has 4 rings (SSSR count).